The Bertz CT molecular complexity index is 410. The molecule has 1 unspecified atom stereocenters. The third kappa shape index (κ3) is 5.60. The van der Waals surface area contributed by atoms with E-state index < -0.39 is 0 Å². The topological polar surface area (TPSA) is 0 Å². The van der Waals surface area contributed by atoms with Gasteiger partial charge in [0.1, 0.15) is 5.82 Å². The van der Waals surface area contributed by atoms with E-state index in [9.17, 15) is 4.39 Å². The Kier molecular flexibility index (Phi) is 5.86. The lowest BCUT2D eigenvalue weighted by Crippen LogP contribution is -1.85. The minimum Gasteiger partial charge on any atom is -0.207 e. The van der Waals surface area contributed by atoms with E-state index in [4.69, 9.17) is 0 Å². The van der Waals surface area contributed by atoms with Gasteiger partial charge in [-0.2, -0.15) is 0 Å². The predicted molar refractivity (Wildman–Crippen MR) is 76.3 cm³/mol. The number of aryl methyl sites for hydroxylation is 2. The number of halogens is 1. The molecule has 0 heterocycles. The molecule has 0 amide bonds. The fourth-order valence-corrected chi connectivity index (χ4v) is 1.48. The summed E-state index contributed by atoms with van der Waals surface area (Å²) < 4.78 is 12.2. The van der Waals surface area contributed by atoms with Crippen LogP contribution in [0.3, 0.4) is 0 Å². The van der Waals surface area contributed by atoms with Crippen LogP contribution in [0.1, 0.15) is 18.1 Å². The van der Waals surface area contributed by atoms with Crippen LogP contribution in [0.5, 0.6) is 0 Å². The highest BCUT2D eigenvalue weighted by Gasteiger charge is 1.87. The Morgan fingerprint density at radius 2 is 1.47 bits per heavy atom. The van der Waals surface area contributed by atoms with Crippen molar-refractivity contribution < 1.29 is 4.39 Å². The maximum absolute atomic E-state index is 12.2. The van der Waals surface area contributed by atoms with Crippen LogP contribution in [0.25, 0.3) is 0 Å². The van der Waals surface area contributed by atoms with Gasteiger partial charge in [0, 0.05) is 0 Å². The van der Waals surface area contributed by atoms with Gasteiger partial charge in [-0.05, 0) is 36.3 Å². The molecule has 0 radical (unpaired) electrons. The summed E-state index contributed by atoms with van der Waals surface area (Å²) in [6.07, 6.45) is 0.972. The molecule has 0 aromatic heterocycles. The first kappa shape index (κ1) is 13.9. The molecule has 0 bridgehead atoms. The molecule has 0 saturated carbocycles. The third-order valence-electron chi connectivity index (χ3n) is 2.40. The van der Waals surface area contributed by atoms with E-state index in [2.05, 4.69) is 40.4 Å². The predicted octanol–water partition coefficient (Wildman–Crippen LogP) is 3.88. The molecule has 2 heteroatoms. The molecule has 2 aromatic rings. The lowest BCUT2D eigenvalue weighted by Gasteiger charge is -1.92. The summed E-state index contributed by atoms with van der Waals surface area (Å²) in [6.45, 7) is 4.14. The van der Waals surface area contributed by atoms with Gasteiger partial charge in [-0.3, -0.25) is 0 Å². The highest BCUT2D eigenvalue weighted by atomic mass is 31.0. The van der Waals surface area contributed by atoms with Crippen LogP contribution in [-0.2, 0) is 6.42 Å². The van der Waals surface area contributed by atoms with Crippen LogP contribution in [-0.4, -0.2) is 0 Å². The molecule has 0 aliphatic carbocycles. The van der Waals surface area contributed by atoms with E-state index in [1.807, 2.05) is 6.92 Å². The number of benzene rings is 2. The fourth-order valence-electron chi connectivity index (χ4n) is 1.29. The summed E-state index contributed by atoms with van der Waals surface area (Å²) in [5, 5.41) is 1.25. The molecule has 17 heavy (non-hydrogen) atoms. The Morgan fingerprint density at radius 1 is 0.941 bits per heavy atom. The monoisotopic (exact) mass is 248 g/mol. The SMILES string of the molecule is CCc1ccc(F)cc1.Cc1ccc(P)cc1. The first-order chi connectivity index (χ1) is 8.11. The summed E-state index contributed by atoms with van der Waals surface area (Å²) in [5.41, 5.74) is 2.49. The molecule has 2 rings (SSSR count). The van der Waals surface area contributed by atoms with Gasteiger partial charge >= 0.3 is 0 Å². The molecule has 0 aliphatic rings. The van der Waals surface area contributed by atoms with Crippen molar-refractivity contribution in [1.82, 2.24) is 0 Å². The minimum atomic E-state index is -0.160. The van der Waals surface area contributed by atoms with Crippen LogP contribution in [0, 0.1) is 12.7 Å². The first-order valence-corrected chi connectivity index (χ1v) is 6.26. The lowest BCUT2D eigenvalue weighted by atomic mass is 10.2. The van der Waals surface area contributed by atoms with E-state index in [1.165, 1.54) is 28.6 Å². The Labute approximate surface area is 105 Å². The molecule has 90 valence electrons. The largest absolute Gasteiger partial charge is 0.207 e. The van der Waals surface area contributed by atoms with Crippen molar-refractivity contribution in [3.63, 3.8) is 0 Å². The van der Waals surface area contributed by atoms with Gasteiger partial charge in [0.2, 0.25) is 0 Å². The average molecular weight is 248 g/mol. The highest BCUT2D eigenvalue weighted by Crippen LogP contribution is 2.01. The fraction of sp³-hybridized carbons (Fsp3) is 0.200. The molecule has 1 atom stereocenters. The van der Waals surface area contributed by atoms with Gasteiger partial charge in [0.25, 0.3) is 0 Å². The number of hydrogen-bond donors (Lipinski definition) is 0. The zero-order chi connectivity index (χ0) is 12.7. The van der Waals surface area contributed by atoms with Crippen LogP contribution in [0.4, 0.5) is 4.39 Å². The maximum atomic E-state index is 12.2. The van der Waals surface area contributed by atoms with Crippen molar-refractivity contribution in [3.05, 3.63) is 65.5 Å². The van der Waals surface area contributed by atoms with Crippen molar-refractivity contribution in [3.8, 4) is 0 Å². The molecule has 0 nitrogen and oxygen atoms in total. The van der Waals surface area contributed by atoms with E-state index in [-0.39, 0.29) is 5.82 Å². The Balaban J connectivity index is 0.000000171. The van der Waals surface area contributed by atoms with E-state index >= 15 is 0 Å². The molecule has 0 N–H and O–H groups in total. The van der Waals surface area contributed by atoms with Gasteiger partial charge < -0.3 is 0 Å². The molecule has 2 aromatic carbocycles. The molecule has 0 fully saturated rings. The highest BCUT2D eigenvalue weighted by molar-refractivity contribution is 7.27. The maximum Gasteiger partial charge on any atom is 0.123 e. The van der Waals surface area contributed by atoms with Gasteiger partial charge in [0.05, 0.1) is 0 Å². The lowest BCUT2D eigenvalue weighted by molar-refractivity contribution is 0.627. The summed E-state index contributed by atoms with van der Waals surface area (Å²) in [5.74, 6) is -0.160. The van der Waals surface area contributed by atoms with Crippen molar-refractivity contribution in [2.75, 3.05) is 0 Å². The zero-order valence-electron chi connectivity index (χ0n) is 10.3. The van der Waals surface area contributed by atoms with E-state index in [0.717, 1.165) is 6.42 Å². The standard InChI is InChI=1S/C8H9F.C7H9P/c1-2-7-3-5-8(9)6-4-7;1-6-2-4-7(8)5-3-6/h3-6H,2H2,1H3;2-5H,8H2,1H3. The van der Waals surface area contributed by atoms with Crippen molar-refractivity contribution in [1.29, 1.82) is 0 Å². The summed E-state index contributed by atoms with van der Waals surface area (Å²) >= 11 is 0. The summed E-state index contributed by atoms with van der Waals surface area (Å²) in [7, 11) is 2.65. The summed E-state index contributed by atoms with van der Waals surface area (Å²) in [4.78, 5) is 0. The van der Waals surface area contributed by atoms with Gasteiger partial charge in [-0.1, -0.05) is 48.9 Å². The van der Waals surface area contributed by atoms with E-state index in [0.29, 0.717) is 0 Å². The minimum absolute atomic E-state index is 0.160. The van der Waals surface area contributed by atoms with Crippen molar-refractivity contribution in [2.24, 2.45) is 0 Å². The average Bonchev–Trinajstić information content (AvgIpc) is 2.35. The van der Waals surface area contributed by atoms with Crippen molar-refractivity contribution in [2.45, 2.75) is 20.3 Å². The van der Waals surface area contributed by atoms with Crippen LogP contribution in [0.2, 0.25) is 0 Å². The molecule has 0 spiro atoms. The molecule has 0 saturated heterocycles. The van der Waals surface area contributed by atoms with Crippen LogP contribution in [0.15, 0.2) is 48.5 Å². The van der Waals surface area contributed by atoms with E-state index in [1.54, 1.807) is 12.1 Å². The number of hydrogen-bond acceptors (Lipinski definition) is 0. The molecular weight excluding hydrogens is 230 g/mol. The van der Waals surface area contributed by atoms with Crippen LogP contribution >= 0.6 is 9.24 Å². The molecular formula is C15H18FP. The Hall–Kier alpha value is -1.20. The Morgan fingerprint density at radius 3 is 1.88 bits per heavy atom. The van der Waals surface area contributed by atoms with Gasteiger partial charge in [-0.15, -0.1) is 9.24 Å². The van der Waals surface area contributed by atoms with Crippen LogP contribution < -0.4 is 5.30 Å². The second-order valence-electron chi connectivity index (χ2n) is 3.89. The first-order valence-electron chi connectivity index (χ1n) is 5.68. The summed E-state index contributed by atoms with van der Waals surface area (Å²) in [6, 6.07) is 14.9. The normalized spacial score (nSPS) is 9.41. The molecule has 0 aliphatic heterocycles. The second-order valence-corrected chi connectivity index (χ2v) is 4.56. The number of rotatable bonds is 1. The van der Waals surface area contributed by atoms with Crippen molar-refractivity contribution >= 4 is 14.5 Å². The quantitative estimate of drug-likeness (QED) is 0.672. The van der Waals surface area contributed by atoms with Gasteiger partial charge in [-0.25, -0.2) is 4.39 Å². The smallest absolute Gasteiger partial charge is 0.123 e. The zero-order valence-corrected chi connectivity index (χ0v) is 11.4. The second kappa shape index (κ2) is 7.19. The third-order valence-corrected chi connectivity index (χ3v) is 2.78. The van der Waals surface area contributed by atoms with Gasteiger partial charge in [0.15, 0.2) is 0 Å².